The molecule has 7 nitrogen and oxygen atoms in total. The minimum Gasteiger partial charge on any atom is -0.446 e. The van der Waals surface area contributed by atoms with E-state index >= 15 is 0 Å². The molecule has 2 rings (SSSR count). The van der Waals surface area contributed by atoms with Crippen molar-refractivity contribution in [2.45, 2.75) is 19.1 Å². The number of benzene rings is 1. The lowest BCUT2D eigenvalue weighted by atomic mass is 10.1. The highest BCUT2D eigenvalue weighted by Gasteiger charge is 2.20. The Morgan fingerprint density at radius 1 is 1.39 bits per heavy atom. The van der Waals surface area contributed by atoms with Gasteiger partial charge in [0.15, 0.2) is 11.5 Å². The van der Waals surface area contributed by atoms with Crippen LogP contribution in [0.15, 0.2) is 39.4 Å². The second-order valence-corrected chi connectivity index (χ2v) is 5.87. The van der Waals surface area contributed by atoms with Gasteiger partial charge in [0.05, 0.1) is 12.6 Å². The molecule has 4 N–H and O–H groups in total. The number of Topliss-reactive ketones (excluding diaryl/α,β-unsaturated/α-hetero) is 1. The van der Waals surface area contributed by atoms with E-state index in [0.717, 1.165) is 10.7 Å². The first-order valence-corrected chi connectivity index (χ1v) is 7.64. The van der Waals surface area contributed by atoms with Crippen LogP contribution >= 0.6 is 15.9 Å². The molecule has 1 aromatic heterocycles. The molecule has 8 heteroatoms. The van der Waals surface area contributed by atoms with Crippen molar-refractivity contribution >= 4 is 27.6 Å². The van der Waals surface area contributed by atoms with Gasteiger partial charge in [-0.2, -0.15) is 0 Å². The fourth-order valence-electron chi connectivity index (χ4n) is 1.74. The predicted molar refractivity (Wildman–Crippen MR) is 85.9 cm³/mol. The Bertz CT molecular complexity index is 697. The van der Waals surface area contributed by atoms with Gasteiger partial charge in [-0.25, -0.2) is 4.98 Å². The first-order valence-electron chi connectivity index (χ1n) is 6.84. The minimum atomic E-state index is -0.858. The number of amides is 1. The summed E-state index contributed by atoms with van der Waals surface area (Å²) in [6.45, 7) is 1.33. The van der Waals surface area contributed by atoms with Gasteiger partial charge in [-0.1, -0.05) is 28.1 Å². The number of rotatable bonds is 6. The van der Waals surface area contributed by atoms with Crippen LogP contribution in [0.1, 0.15) is 39.7 Å². The molecule has 2 unspecified atom stereocenters. The monoisotopic (exact) mass is 381 g/mol. The van der Waals surface area contributed by atoms with Gasteiger partial charge >= 0.3 is 0 Å². The van der Waals surface area contributed by atoms with Gasteiger partial charge in [0, 0.05) is 10.0 Å². The molecular formula is C15H16BrN3O4. The third kappa shape index (κ3) is 4.47. The summed E-state index contributed by atoms with van der Waals surface area (Å²) in [5.74, 6) is -0.720. The quantitative estimate of drug-likeness (QED) is 0.651. The molecule has 0 aliphatic heterocycles. The Labute approximate surface area is 141 Å². The molecule has 1 aromatic carbocycles. The number of oxazole rings is 1. The molecule has 23 heavy (non-hydrogen) atoms. The lowest BCUT2D eigenvalue weighted by Gasteiger charge is -2.09. The van der Waals surface area contributed by atoms with Crippen LogP contribution in [0.25, 0.3) is 0 Å². The van der Waals surface area contributed by atoms with Gasteiger partial charge in [-0.3, -0.25) is 9.59 Å². The minimum absolute atomic E-state index is 0.000272. The van der Waals surface area contributed by atoms with E-state index in [9.17, 15) is 14.7 Å². The van der Waals surface area contributed by atoms with Crippen LogP contribution in [-0.2, 0) is 0 Å². The Morgan fingerprint density at radius 2 is 2.04 bits per heavy atom. The molecule has 0 bridgehead atoms. The molecule has 2 aromatic rings. The van der Waals surface area contributed by atoms with Crippen molar-refractivity contribution in [3.63, 3.8) is 0 Å². The summed E-state index contributed by atoms with van der Waals surface area (Å²) in [5.41, 5.74) is 6.16. The van der Waals surface area contributed by atoms with E-state index in [1.807, 2.05) is 0 Å². The zero-order chi connectivity index (χ0) is 17.0. The number of nitrogens with two attached hydrogens (primary N) is 1. The highest BCUT2D eigenvalue weighted by atomic mass is 79.9. The van der Waals surface area contributed by atoms with Crippen molar-refractivity contribution in [3.8, 4) is 0 Å². The van der Waals surface area contributed by atoms with Crippen LogP contribution in [-0.4, -0.2) is 34.4 Å². The van der Waals surface area contributed by atoms with E-state index in [2.05, 4.69) is 26.2 Å². The number of aliphatic hydroxyl groups is 1. The van der Waals surface area contributed by atoms with E-state index < -0.39 is 18.1 Å². The summed E-state index contributed by atoms with van der Waals surface area (Å²) in [4.78, 5) is 27.8. The lowest BCUT2D eigenvalue weighted by Crippen LogP contribution is -2.30. The van der Waals surface area contributed by atoms with Crippen LogP contribution in [0.5, 0.6) is 0 Å². The molecule has 1 heterocycles. The molecule has 122 valence electrons. The Morgan fingerprint density at radius 3 is 2.65 bits per heavy atom. The SMILES string of the molecule is CC(O)C(N)c1nc(C(=O)NCC(=O)c2ccc(Br)cc2)co1. The van der Waals surface area contributed by atoms with Gasteiger partial charge in [-0.05, 0) is 19.1 Å². The van der Waals surface area contributed by atoms with Crippen molar-refractivity contribution in [1.29, 1.82) is 0 Å². The van der Waals surface area contributed by atoms with E-state index in [1.54, 1.807) is 24.3 Å². The molecular weight excluding hydrogens is 366 g/mol. The maximum absolute atomic E-state index is 12.0. The summed E-state index contributed by atoms with van der Waals surface area (Å²) in [5, 5.41) is 11.8. The van der Waals surface area contributed by atoms with Gasteiger partial charge in [-0.15, -0.1) is 0 Å². The average molecular weight is 382 g/mol. The van der Waals surface area contributed by atoms with E-state index in [0.29, 0.717) is 5.56 Å². The smallest absolute Gasteiger partial charge is 0.273 e. The van der Waals surface area contributed by atoms with Crippen molar-refractivity contribution in [2.75, 3.05) is 6.54 Å². The van der Waals surface area contributed by atoms with Crippen LogP contribution in [0, 0.1) is 0 Å². The van der Waals surface area contributed by atoms with Crippen molar-refractivity contribution in [2.24, 2.45) is 5.73 Å². The summed E-state index contributed by atoms with van der Waals surface area (Å²) in [7, 11) is 0. The third-order valence-corrected chi connectivity index (χ3v) is 3.66. The maximum atomic E-state index is 12.0. The second-order valence-electron chi connectivity index (χ2n) is 4.95. The molecule has 0 saturated heterocycles. The molecule has 0 aliphatic carbocycles. The first-order chi connectivity index (χ1) is 10.9. The van der Waals surface area contributed by atoms with Gasteiger partial charge in [0.2, 0.25) is 5.89 Å². The summed E-state index contributed by atoms with van der Waals surface area (Å²) < 4.78 is 5.93. The Hall–Kier alpha value is -2.03. The second kappa shape index (κ2) is 7.49. The van der Waals surface area contributed by atoms with Crippen LogP contribution in [0.3, 0.4) is 0 Å². The number of carbonyl (C=O) groups excluding carboxylic acids is 2. The summed E-state index contributed by atoms with van der Waals surface area (Å²) >= 11 is 3.28. The van der Waals surface area contributed by atoms with Crippen LogP contribution in [0.2, 0.25) is 0 Å². The zero-order valence-electron chi connectivity index (χ0n) is 12.3. The predicted octanol–water partition coefficient (Wildman–Crippen LogP) is 1.43. The fourth-order valence-corrected chi connectivity index (χ4v) is 2.00. The normalized spacial score (nSPS) is 13.4. The molecule has 1 amide bonds. The fraction of sp³-hybridized carbons (Fsp3) is 0.267. The highest BCUT2D eigenvalue weighted by Crippen LogP contribution is 2.14. The molecule has 0 aliphatic rings. The van der Waals surface area contributed by atoms with E-state index in [4.69, 9.17) is 10.2 Å². The van der Waals surface area contributed by atoms with Crippen molar-refractivity contribution in [3.05, 3.63) is 52.1 Å². The van der Waals surface area contributed by atoms with Gasteiger partial charge in [0.25, 0.3) is 5.91 Å². The maximum Gasteiger partial charge on any atom is 0.273 e. The molecule has 0 radical (unpaired) electrons. The number of hydrogen-bond donors (Lipinski definition) is 3. The average Bonchev–Trinajstić information content (AvgIpc) is 3.02. The van der Waals surface area contributed by atoms with Crippen LogP contribution < -0.4 is 11.1 Å². The highest BCUT2D eigenvalue weighted by molar-refractivity contribution is 9.10. The van der Waals surface area contributed by atoms with Crippen molar-refractivity contribution < 1.29 is 19.1 Å². The van der Waals surface area contributed by atoms with Gasteiger partial charge in [0.1, 0.15) is 12.3 Å². The zero-order valence-corrected chi connectivity index (χ0v) is 13.9. The van der Waals surface area contributed by atoms with Crippen LogP contribution in [0.4, 0.5) is 0 Å². The number of nitrogens with zero attached hydrogens (tertiary/aromatic N) is 1. The number of hydrogen-bond acceptors (Lipinski definition) is 6. The topological polar surface area (TPSA) is 118 Å². The van der Waals surface area contributed by atoms with Crippen molar-refractivity contribution in [1.82, 2.24) is 10.3 Å². The molecule has 2 atom stereocenters. The number of halogens is 1. The molecule has 0 saturated carbocycles. The van der Waals surface area contributed by atoms with E-state index in [-0.39, 0.29) is 23.9 Å². The van der Waals surface area contributed by atoms with Gasteiger partial charge < -0.3 is 20.6 Å². The van der Waals surface area contributed by atoms with E-state index in [1.165, 1.54) is 6.92 Å². The number of carbonyl (C=O) groups is 2. The number of aliphatic hydroxyl groups excluding tert-OH is 1. The Kier molecular flexibility index (Phi) is 5.64. The third-order valence-electron chi connectivity index (χ3n) is 3.14. The standard InChI is InChI=1S/C15H16BrN3O4/c1-8(20)13(17)15-19-11(7-23-15)14(22)18-6-12(21)9-2-4-10(16)5-3-9/h2-5,7-8,13,20H,6,17H2,1H3,(H,18,22). The molecule has 0 fully saturated rings. The first kappa shape index (κ1) is 17.3. The molecule has 0 spiro atoms. The largest absolute Gasteiger partial charge is 0.446 e. The number of ketones is 1. The number of nitrogens with one attached hydrogen (secondary N) is 1. The Balaban J connectivity index is 1.94. The summed E-state index contributed by atoms with van der Waals surface area (Å²) in [6, 6.07) is 6.00. The number of aromatic nitrogens is 1. The lowest BCUT2D eigenvalue weighted by molar-refractivity contribution is 0.0900. The summed E-state index contributed by atoms with van der Waals surface area (Å²) in [6.07, 6.45) is 0.278.